The van der Waals surface area contributed by atoms with Gasteiger partial charge in [0.2, 0.25) is 9.84 Å². The van der Waals surface area contributed by atoms with Crippen LogP contribution in [0.2, 0.25) is 0 Å². The zero-order valence-corrected chi connectivity index (χ0v) is 23.3. The van der Waals surface area contributed by atoms with Crippen molar-refractivity contribution in [2.75, 3.05) is 33.9 Å². The highest BCUT2D eigenvalue weighted by Crippen LogP contribution is 2.34. The van der Waals surface area contributed by atoms with E-state index >= 15 is 0 Å². The first-order valence-electron chi connectivity index (χ1n) is 12.8. The van der Waals surface area contributed by atoms with Gasteiger partial charge in [-0.3, -0.25) is 0 Å². The Morgan fingerprint density at radius 3 is 2.26 bits per heavy atom. The minimum Gasteiger partial charge on any atom is -0.497 e. The lowest BCUT2D eigenvalue weighted by atomic mass is 10.1. The van der Waals surface area contributed by atoms with Gasteiger partial charge in [-0.25, -0.2) is 8.42 Å². The molecule has 2 heterocycles. The van der Waals surface area contributed by atoms with Gasteiger partial charge in [-0.05, 0) is 91.5 Å². The molecule has 8 heteroatoms. The smallest absolute Gasteiger partial charge is 0.209 e. The number of benzene rings is 2. The number of sulfone groups is 1. The van der Waals surface area contributed by atoms with Gasteiger partial charge in [0.25, 0.3) is 0 Å². The summed E-state index contributed by atoms with van der Waals surface area (Å²) in [5.74, 6) is 2.30. The molecule has 0 fully saturated rings. The molecule has 7 nitrogen and oxygen atoms in total. The summed E-state index contributed by atoms with van der Waals surface area (Å²) in [4.78, 5) is 0.639. The third kappa shape index (κ3) is 6.31. The molecule has 0 saturated heterocycles. The lowest BCUT2D eigenvalue weighted by Crippen LogP contribution is -2.20. The fraction of sp³-hybridized carbons (Fsp3) is 0.333. The summed E-state index contributed by atoms with van der Waals surface area (Å²) in [7, 11) is -0.386. The zero-order valence-electron chi connectivity index (χ0n) is 22.4. The van der Waals surface area contributed by atoms with Gasteiger partial charge in [-0.2, -0.15) is 0 Å². The lowest BCUT2D eigenvalue weighted by Gasteiger charge is -2.11. The predicted octanol–water partition coefficient (Wildman–Crippen LogP) is 5.51. The number of fused-ring (bicyclic) bond motifs is 1. The van der Waals surface area contributed by atoms with Crippen LogP contribution in [0.25, 0.3) is 5.52 Å². The van der Waals surface area contributed by atoms with Crippen LogP contribution in [0.3, 0.4) is 0 Å². The summed E-state index contributed by atoms with van der Waals surface area (Å²) in [6, 6.07) is 18.2. The van der Waals surface area contributed by atoms with Crippen molar-refractivity contribution in [1.29, 1.82) is 0 Å². The molecule has 2 aromatic carbocycles. The van der Waals surface area contributed by atoms with E-state index in [-0.39, 0.29) is 10.8 Å². The van der Waals surface area contributed by atoms with Gasteiger partial charge in [-0.15, -0.1) is 0 Å². The van der Waals surface area contributed by atoms with Crippen LogP contribution in [-0.4, -0.2) is 46.7 Å². The van der Waals surface area contributed by atoms with Crippen LogP contribution in [0.1, 0.15) is 37.3 Å². The Labute approximate surface area is 225 Å². The molecule has 4 rings (SSSR count). The highest BCUT2D eigenvalue weighted by molar-refractivity contribution is 7.91. The average molecular weight is 537 g/mol. The highest BCUT2D eigenvalue weighted by atomic mass is 32.2. The minimum absolute atomic E-state index is 0.0780. The predicted molar refractivity (Wildman–Crippen MR) is 150 cm³/mol. The van der Waals surface area contributed by atoms with E-state index in [2.05, 4.69) is 5.32 Å². The van der Waals surface area contributed by atoms with E-state index in [9.17, 15) is 8.42 Å². The van der Waals surface area contributed by atoms with Crippen molar-refractivity contribution in [2.24, 2.45) is 0 Å². The molecule has 1 N–H and O–H groups in total. The average Bonchev–Trinajstić information content (AvgIpc) is 3.33. The molecule has 0 aliphatic rings. The van der Waals surface area contributed by atoms with Gasteiger partial charge in [0.15, 0.2) is 0 Å². The van der Waals surface area contributed by atoms with Gasteiger partial charge < -0.3 is 23.9 Å². The Kier molecular flexibility index (Phi) is 8.97. The van der Waals surface area contributed by atoms with Crippen LogP contribution in [0.5, 0.6) is 17.2 Å². The van der Waals surface area contributed by atoms with Crippen molar-refractivity contribution < 1.29 is 22.6 Å². The fourth-order valence-electron chi connectivity index (χ4n) is 4.41. The number of nitrogens with zero attached hydrogens (tertiary/aromatic N) is 1. The van der Waals surface area contributed by atoms with Crippen molar-refractivity contribution in [3.8, 4) is 17.2 Å². The first-order chi connectivity index (χ1) is 18.3. The minimum atomic E-state index is -3.68. The van der Waals surface area contributed by atoms with Gasteiger partial charge >= 0.3 is 0 Å². The molecule has 0 bridgehead atoms. The Bertz CT molecular complexity index is 1440. The topological polar surface area (TPSA) is 78.3 Å². The lowest BCUT2D eigenvalue weighted by molar-refractivity contribution is 0.308. The highest BCUT2D eigenvalue weighted by Gasteiger charge is 2.27. The molecule has 0 amide bonds. The molecule has 0 radical (unpaired) electrons. The number of methoxy groups -OCH3 is 2. The van der Waals surface area contributed by atoms with Crippen LogP contribution >= 0.6 is 0 Å². The summed E-state index contributed by atoms with van der Waals surface area (Å²) in [5.41, 5.74) is 2.65. The number of ether oxygens (including phenoxy) is 3. The number of hydrogen-bond acceptors (Lipinski definition) is 6. The van der Waals surface area contributed by atoms with Crippen LogP contribution in [0, 0.1) is 0 Å². The van der Waals surface area contributed by atoms with E-state index in [0.717, 1.165) is 48.6 Å². The molecule has 0 spiro atoms. The van der Waals surface area contributed by atoms with Crippen LogP contribution < -0.4 is 19.5 Å². The number of aromatic nitrogens is 1. The van der Waals surface area contributed by atoms with Crippen molar-refractivity contribution in [1.82, 2.24) is 9.72 Å². The van der Waals surface area contributed by atoms with E-state index in [1.165, 1.54) is 0 Å². The number of nitrogens with one attached hydrogen (secondary N) is 1. The molecule has 202 valence electrons. The quantitative estimate of drug-likeness (QED) is 0.227. The zero-order chi connectivity index (χ0) is 27.1. The van der Waals surface area contributed by atoms with Crippen LogP contribution in [0.15, 0.2) is 82.8 Å². The van der Waals surface area contributed by atoms with Gasteiger partial charge in [-0.1, -0.05) is 19.9 Å². The molecular formula is C30H36N2O5S. The number of pyridine rings is 1. The third-order valence-electron chi connectivity index (χ3n) is 6.46. The molecule has 0 atom stereocenters. The third-order valence-corrected chi connectivity index (χ3v) is 8.33. The monoisotopic (exact) mass is 536 g/mol. The second-order valence-corrected chi connectivity index (χ2v) is 11.3. The van der Waals surface area contributed by atoms with E-state index < -0.39 is 9.84 Å². The second-order valence-electron chi connectivity index (χ2n) is 9.46. The first-order valence-corrected chi connectivity index (χ1v) is 14.3. The maximum atomic E-state index is 13.6. The summed E-state index contributed by atoms with van der Waals surface area (Å²) in [6.07, 6.45) is 5.48. The maximum absolute atomic E-state index is 13.6. The molecule has 0 saturated carbocycles. The Morgan fingerprint density at radius 1 is 0.895 bits per heavy atom. The molecular weight excluding hydrogens is 500 g/mol. The molecule has 0 aliphatic heterocycles. The largest absolute Gasteiger partial charge is 0.497 e. The maximum Gasteiger partial charge on any atom is 0.209 e. The Balaban J connectivity index is 1.29. The standard InChI is InChI=1S/C30H36N2O5S/c1-22(2)28-21-32-16-6-5-8-29(32)30(28)38(33,34)27-11-9-24(10-12-27)37-17-7-14-31-15-13-23-18-25(35-3)20-26(19-23)36-4/h5-6,8-12,16,18-22,31H,7,13-15,17H2,1-4H3. The fourth-order valence-corrected chi connectivity index (χ4v) is 6.19. The molecule has 2 aromatic heterocycles. The van der Waals surface area contributed by atoms with Gasteiger partial charge in [0, 0.05) is 18.5 Å². The van der Waals surface area contributed by atoms with Crippen molar-refractivity contribution in [3.63, 3.8) is 0 Å². The molecule has 0 unspecified atom stereocenters. The first kappa shape index (κ1) is 27.5. The van der Waals surface area contributed by atoms with Crippen LogP contribution in [-0.2, 0) is 16.3 Å². The SMILES string of the molecule is COc1cc(CCNCCCOc2ccc(S(=O)(=O)c3c(C(C)C)cn4ccccc34)cc2)cc(OC)c1. The van der Waals surface area contributed by atoms with Crippen LogP contribution in [0.4, 0.5) is 0 Å². The summed E-state index contributed by atoms with van der Waals surface area (Å²) in [6.45, 7) is 6.20. The summed E-state index contributed by atoms with van der Waals surface area (Å²) in [5, 5.41) is 3.43. The number of rotatable bonds is 13. The Morgan fingerprint density at radius 2 is 1.61 bits per heavy atom. The van der Waals surface area contributed by atoms with Gasteiger partial charge in [0.05, 0.1) is 31.2 Å². The number of hydrogen-bond donors (Lipinski definition) is 1. The van der Waals surface area contributed by atoms with E-state index in [1.54, 1.807) is 38.5 Å². The Hall–Kier alpha value is -3.49. The van der Waals surface area contributed by atoms with Gasteiger partial charge in [0.1, 0.15) is 22.1 Å². The van der Waals surface area contributed by atoms with Crippen molar-refractivity contribution in [2.45, 2.75) is 42.4 Å². The summed E-state index contributed by atoms with van der Waals surface area (Å²) >= 11 is 0. The summed E-state index contributed by atoms with van der Waals surface area (Å²) < 4.78 is 45.6. The molecule has 38 heavy (non-hydrogen) atoms. The molecule has 0 aliphatic carbocycles. The van der Waals surface area contributed by atoms with Crippen molar-refractivity contribution in [3.05, 3.63) is 84.2 Å². The van der Waals surface area contributed by atoms with E-state index in [4.69, 9.17) is 14.2 Å². The van der Waals surface area contributed by atoms with Crippen molar-refractivity contribution >= 4 is 15.4 Å². The second kappa shape index (κ2) is 12.4. The van der Waals surface area contributed by atoms with E-state index in [1.807, 2.05) is 67.0 Å². The molecule has 4 aromatic rings. The van der Waals surface area contributed by atoms with E-state index in [0.29, 0.717) is 22.8 Å². The normalized spacial score (nSPS) is 11.7.